The minimum absolute atomic E-state index is 0. The highest BCUT2D eigenvalue weighted by Gasteiger charge is 2.47. The number of carbonyl (C=O) groups excluding carboxylic acids is 1. The molecular formula is C23H30ClN3O3. The van der Waals surface area contributed by atoms with Crippen LogP contribution in [-0.2, 0) is 6.54 Å². The minimum Gasteiger partial charge on any atom is -0.497 e. The van der Waals surface area contributed by atoms with Crippen molar-refractivity contribution in [3.05, 3.63) is 63.6 Å². The minimum atomic E-state index is -0.182. The number of hydrogen-bond donors (Lipinski definition) is 0. The largest absolute Gasteiger partial charge is 0.497 e. The zero-order valence-electron chi connectivity index (χ0n) is 18.0. The van der Waals surface area contributed by atoms with Gasteiger partial charge in [-0.05, 0) is 56.6 Å². The van der Waals surface area contributed by atoms with Crippen LogP contribution >= 0.6 is 12.4 Å². The topological polar surface area (TPSA) is 54.8 Å². The van der Waals surface area contributed by atoms with Gasteiger partial charge >= 0.3 is 0 Å². The van der Waals surface area contributed by atoms with Crippen molar-refractivity contribution in [2.45, 2.75) is 26.4 Å². The van der Waals surface area contributed by atoms with E-state index in [0.29, 0.717) is 31.5 Å². The number of ether oxygens (including phenoxy) is 1. The van der Waals surface area contributed by atoms with Crippen molar-refractivity contribution in [3.8, 4) is 5.75 Å². The van der Waals surface area contributed by atoms with E-state index in [4.69, 9.17) is 4.74 Å². The molecule has 0 spiro atoms. The Balaban J connectivity index is 0.00000256. The van der Waals surface area contributed by atoms with Crippen LogP contribution in [0, 0.1) is 18.8 Å². The van der Waals surface area contributed by atoms with Crippen molar-refractivity contribution >= 4 is 18.3 Å². The van der Waals surface area contributed by atoms with Gasteiger partial charge in [-0.15, -0.1) is 12.4 Å². The first kappa shape index (κ1) is 22.4. The zero-order chi connectivity index (χ0) is 20.7. The van der Waals surface area contributed by atoms with E-state index in [1.54, 1.807) is 17.7 Å². The van der Waals surface area contributed by atoms with Crippen LogP contribution in [0.25, 0.3) is 0 Å². The van der Waals surface area contributed by atoms with Crippen molar-refractivity contribution in [2.24, 2.45) is 11.8 Å². The maximum absolute atomic E-state index is 13.2. The molecule has 2 aliphatic rings. The summed E-state index contributed by atoms with van der Waals surface area (Å²) in [5.41, 5.74) is 2.23. The third kappa shape index (κ3) is 3.74. The van der Waals surface area contributed by atoms with Gasteiger partial charge in [-0.3, -0.25) is 14.5 Å². The molecule has 2 saturated heterocycles. The fourth-order valence-electron chi connectivity index (χ4n) is 5.12. The molecule has 0 N–H and O–H groups in total. The van der Waals surface area contributed by atoms with Crippen molar-refractivity contribution in [3.63, 3.8) is 0 Å². The highest BCUT2D eigenvalue weighted by atomic mass is 35.5. The summed E-state index contributed by atoms with van der Waals surface area (Å²) in [5, 5.41) is 0. The number of carbonyl (C=O) groups is 1. The summed E-state index contributed by atoms with van der Waals surface area (Å²) in [7, 11) is 3.82. The number of methoxy groups -OCH3 is 1. The number of benzene rings is 1. The molecule has 7 heteroatoms. The molecule has 3 heterocycles. The van der Waals surface area contributed by atoms with Crippen LogP contribution in [0.4, 0.5) is 0 Å². The number of pyridine rings is 1. The van der Waals surface area contributed by atoms with Gasteiger partial charge in [0.2, 0.25) is 0 Å². The van der Waals surface area contributed by atoms with Gasteiger partial charge in [0, 0.05) is 43.8 Å². The SMILES string of the molecule is CCn1c(C)ccc(C(=O)N2C[C@@H]3CN(C)[C@@H](c4ccc(OC)cc4)[C@@H]3C2)c1=O.Cl. The highest BCUT2D eigenvalue weighted by Crippen LogP contribution is 2.44. The number of aryl methyl sites for hydroxylation is 1. The molecule has 1 aromatic heterocycles. The molecule has 30 heavy (non-hydrogen) atoms. The van der Waals surface area contributed by atoms with Crippen molar-refractivity contribution < 1.29 is 9.53 Å². The van der Waals surface area contributed by atoms with E-state index in [1.807, 2.05) is 36.9 Å². The fraction of sp³-hybridized carbons (Fsp3) is 0.478. The molecule has 1 aromatic carbocycles. The van der Waals surface area contributed by atoms with E-state index in [2.05, 4.69) is 24.1 Å². The summed E-state index contributed by atoms with van der Waals surface area (Å²) in [4.78, 5) is 30.2. The third-order valence-electron chi connectivity index (χ3n) is 6.58. The van der Waals surface area contributed by atoms with E-state index >= 15 is 0 Å². The number of nitrogens with zero attached hydrogens (tertiary/aromatic N) is 3. The second-order valence-corrected chi connectivity index (χ2v) is 8.23. The molecule has 4 rings (SSSR count). The Hall–Kier alpha value is -2.31. The quantitative estimate of drug-likeness (QED) is 0.746. The van der Waals surface area contributed by atoms with Crippen LogP contribution in [0.5, 0.6) is 5.75 Å². The molecule has 0 unspecified atom stereocenters. The Morgan fingerprint density at radius 2 is 1.80 bits per heavy atom. The maximum atomic E-state index is 13.2. The smallest absolute Gasteiger partial charge is 0.263 e. The number of rotatable bonds is 4. The second-order valence-electron chi connectivity index (χ2n) is 8.23. The zero-order valence-corrected chi connectivity index (χ0v) is 18.8. The molecule has 2 aliphatic heterocycles. The summed E-state index contributed by atoms with van der Waals surface area (Å²) in [6.45, 7) is 6.75. The number of aromatic nitrogens is 1. The molecular weight excluding hydrogens is 402 g/mol. The van der Waals surface area contributed by atoms with E-state index in [1.165, 1.54) is 5.56 Å². The average Bonchev–Trinajstić information content (AvgIpc) is 3.25. The predicted octanol–water partition coefficient (Wildman–Crippen LogP) is 2.98. The van der Waals surface area contributed by atoms with Crippen molar-refractivity contribution in [1.82, 2.24) is 14.4 Å². The second kappa shape index (κ2) is 8.82. The van der Waals surface area contributed by atoms with Gasteiger partial charge in [0.05, 0.1) is 7.11 Å². The Labute approximate surface area is 183 Å². The third-order valence-corrected chi connectivity index (χ3v) is 6.58. The van der Waals surface area contributed by atoms with Crippen molar-refractivity contribution in [1.29, 1.82) is 0 Å². The summed E-state index contributed by atoms with van der Waals surface area (Å²) >= 11 is 0. The van der Waals surface area contributed by atoms with Crippen LogP contribution < -0.4 is 10.3 Å². The lowest BCUT2D eigenvalue weighted by molar-refractivity contribution is 0.0765. The number of amides is 1. The lowest BCUT2D eigenvalue weighted by atomic mass is 9.89. The normalized spacial score (nSPS) is 23.2. The number of hydrogen-bond acceptors (Lipinski definition) is 4. The van der Waals surface area contributed by atoms with Crippen molar-refractivity contribution in [2.75, 3.05) is 33.8 Å². The van der Waals surface area contributed by atoms with Crippen LogP contribution in [0.1, 0.15) is 34.6 Å². The Bertz CT molecular complexity index is 973. The highest BCUT2D eigenvalue weighted by molar-refractivity contribution is 5.94. The van der Waals surface area contributed by atoms with Gasteiger partial charge < -0.3 is 14.2 Å². The summed E-state index contributed by atoms with van der Waals surface area (Å²) in [6.07, 6.45) is 0. The average molecular weight is 432 g/mol. The Morgan fingerprint density at radius 1 is 1.10 bits per heavy atom. The standard InChI is InChI=1S/C23H29N3O3.ClH/c1-5-26-15(2)6-11-19(23(26)28)22(27)25-13-17-12-24(3)21(20(17)14-25)16-7-9-18(29-4)10-8-16;/h6-11,17,20-21H,5,12-14H2,1-4H3;1H/t17-,20+,21-;/m0./s1. The summed E-state index contributed by atoms with van der Waals surface area (Å²) < 4.78 is 6.95. The summed E-state index contributed by atoms with van der Waals surface area (Å²) in [5.74, 6) is 1.51. The van der Waals surface area contributed by atoms with Gasteiger partial charge in [0.15, 0.2) is 0 Å². The molecule has 2 fully saturated rings. The van der Waals surface area contributed by atoms with E-state index in [0.717, 1.165) is 18.0 Å². The number of halogens is 1. The molecule has 6 nitrogen and oxygen atoms in total. The molecule has 3 atom stereocenters. The van der Waals surface area contributed by atoms with Crippen LogP contribution in [-0.4, -0.2) is 54.1 Å². The summed E-state index contributed by atoms with van der Waals surface area (Å²) in [6, 6.07) is 12.0. The lowest BCUT2D eigenvalue weighted by Gasteiger charge is -2.27. The van der Waals surface area contributed by atoms with Gasteiger partial charge in [0.1, 0.15) is 11.3 Å². The first-order chi connectivity index (χ1) is 13.9. The van der Waals surface area contributed by atoms with E-state index in [-0.39, 0.29) is 35.5 Å². The van der Waals surface area contributed by atoms with Gasteiger partial charge in [-0.25, -0.2) is 0 Å². The fourth-order valence-corrected chi connectivity index (χ4v) is 5.12. The maximum Gasteiger partial charge on any atom is 0.263 e. The molecule has 2 aromatic rings. The molecule has 162 valence electrons. The Kier molecular flexibility index (Phi) is 6.58. The van der Waals surface area contributed by atoms with Gasteiger partial charge in [0.25, 0.3) is 11.5 Å². The molecule has 0 saturated carbocycles. The molecule has 0 radical (unpaired) electrons. The molecule has 1 amide bonds. The molecule has 0 bridgehead atoms. The number of fused-ring (bicyclic) bond motifs is 1. The van der Waals surface area contributed by atoms with Crippen LogP contribution in [0.15, 0.2) is 41.2 Å². The Morgan fingerprint density at radius 3 is 2.43 bits per heavy atom. The first-order valence-corrected chi connectivity index (χ1v) is 10.3. The first-order valence-electron chi connectivity index (χ1n) is 10.3. The van der Waals surface area contributed by atoms with E-state index in [9.17, 15) is 9.59 Å². The predicted molar refractivity (Wildman–Crippen MR) is 120 cm³/mol. The monoisotopic (exact) mass is 431 g/mol. The van der Waals surface area contributed by atoms with Crippen LogP contribution in [0.2, 0.25) is 0 Å². The van der Waals surface area contributed by atoms with Crippen LogP contribution in [0.3, 0.4) is 0 Å². The van der Waals surface area contributed by atoms with Gasteiger partial charge in [-0.1, -0.05) is 12.1 Å². The van der Waals surface area contributed by atoms with Gasteiger partial charge in [-0.2, -0.15) is 0 Å². The lowest BCUT2D eigenvalue weighted by Crippen LogP contribution is -2.37. The number of likely N-dealkylation sites (tertiary alicyclic amines) is 2. The van der Waals surface area contributed by atoms with E-state index < -0.39 is 0 Å². The molecule has 0 aliphatic carbocycles.